The van der Waals surface area contributed by atoms with Crippen LogP contribution in [-0.4, -0.2) is 32.0 Å². The average Bonchev–Trinajstić information content (AvgIpc) is 3.06. The highest BCUT2D eigenvalue weighted by Gasteiger charge is 2.30. The first kappa shape index (κ1) is 22.5. The Morgan fingerprint density at radius 2 is 2.24 bits per heavy atom. The Kier molecular flexibility index (Phi) is 7.85. The summed E-state index contributed by atoms with van der Waals surface area (Å²) in [7, 11) is 0. The molecule has 0 radical (unpaired) electrons. The van der Waals surface area contributed by atoms with E-state index in [1.54, 1.807) is 13.0 Å². The highest BCUT2D eigenvalue weighted by molar-refractivity contribution is 7.99. The van der Waals surface area contributed by atoms with Gasteiger partial charge in [0.2, 0.25) is 5.91 Å². The van der Waals surface area contributed by atoms with Gasteiger partial charge < -0.3 is 10.1 Å². The number of benzene rings is 1. The molecule has 7 nitrogen and oxygen atoms in total. The SMILES string of the molecule is C=CCn1c(COc2cccc(C)c2)nnc1SCC(=O)N[C@@](C)(C#N)C(C)C. The summed E-state index contributed by atoms with van der Waals surface area (Å²) in [5, 5.41) is 21.2. The molecule has 1 amide bonds. The number of hydrogen-bond donors (Lipinski definition) is 1. The van der Waals surface area contributed by atoms with Crippen LogP contribution < -0.4 is 10.1 Å². The Bertz CT molecular complexity index is 903. The van der Waals surface area contributed by atoms with E-state index in [-0.39, 0.29) is 24.2 Å². The number of carbonyl (C=O) groups excluding carboxylic acids is 1. The lowest BCUT2D eigenvalue weighted by atomic mass is 9.90. The first-order valence-corrected chi connectivity index (χ1v) is 10.3. The van der Waals surface area contributed by atoms with Crippen LogP contribution in [0.15, 0.2) is 42.1 Å². The second-order valence-corrected chi connectivity index (χ2v) is 8.15. The second-order valence-electron chi connectivity index (χ2n) is 7.21. The Labute approximate surface area is 176 Å². The molecular formula is C21H27N5O2S. The van der Waals surface area contributed by atoms with Crippen LogP contribution in [0.1, 0.15) is 32.2 Å². The minimum Gasteiger partial charge on any atom is -0.486 e. The van der Waals surface area contributed by atoms with E-state index in [0.717, 1.165) is 11.3 Å². The summed E-state index contributed by atoms with van der Waals surface area (Å²) in [6, 6.07) is 9.96. The Morgan fingerprint density at radius 1 is 1.48 bits per heavy atom. The van der Waals surface area contributed by atoms with Crippen molar-refractivity contribution in [2.75, 3.05) is 5.75 Å². The van der Waals surface area contributed by atoms with Crippen LogP contribution in [-0.2, 0) is 17.9 Å². The number of aromatic nitrogens is 3. The molecule has 1 heterocycles. The van der Waals surface area contributed by atoms with Gasteiger partial charge in [0, 0.05) is 6.54 Å². The van der Waals surface area contributed by atoms with Crippen molar-refractivity contribution < 1.29 is 9.53 Å². The van der Waals surface area contributed by atoms with Crippen molar-refractivity contribution in [1.82, 2.24) is 20.1 Å². The number of thioether (sulfide) groups is 1. The molecule has 0 fully saturated rings. The van der Waals surface area contributed by atoms with Gasteiger partial charge in [-0.3, -0.25) is 9.36 Å². The van der Waals surface area contributed by atoms with Crippen LogP contribution in [0.4, 0.5) is 0 Å². The van der Waals surface area contributed by atoms with Crippen LogP contribution in [0, 0.1) is 24.2 Å². The predicted molar refractivity (Wildman–Crippen MR) is 113 cm³/mol. The van der Waals surface area contributed by atoms with E-state index in [4.69, 9.17) is 4.74 Å². The minimum absolute atomic E-state index is 0.00348. The fourth-order valence-electron chi connectivity index (χ4n) is 2.46. The molecule has 154 valence electrons. The van der Waals surface area contributed by atoms with Crippen molar-refractivity contribution in [3.8, 4) is 11.8 Å². The molecule has 0 aliphatic rings. The molecule has 1 aromatic carbocycles. The van der Waals surface area contributed by atoms with E-state index in [1.165, 1.54) is 11.8 Å². The van der Waals surface area contributed by atoms with Crippen molar-refractivity contribution in [3.63, 3.8) is 0 Å². The van der Waals surface area contributed by atoms with Gasteiger partial charge in [0.25, 0.3) is 0 Å². The molecule has 1 atom stereocenters. The molecule has 0 aliphatic heterocycles. The summed E-state index contributed by atoms with van der Waals surface area (Å²) in [6.45, 7) is 12.1. The topological polar surface area (TPSA) is 92.8 Å². The number of nitrogens with zero attached hydrogens (tertiary/aromatic N) is 4. The number of amides is 1. The number of nitriles is 1. The maximum atomic E-state index is 12.3. The largest absolute Gasteiger partial charge is 0.486 e. The number of carbonyl (C=O) groups is 1. The van der Waals surface area contributed by atoms with Crippen molar-refractivity contribution in [2.45, 2.75) is 51.5 Å². The normalized spacial score (nSPS) is 12.8. The zero-order valence-electron chi connectivity index (χ0n) is 17.3. The van der Waals surface area contributed by atoms with Gasteiger partial charge in [0.15, 0.2) is 11.0 Å². The molecule has 2 rings (SSSR count). The van der Waals surface area contributed by atoms with Crippen molar-refractivity contribution >= 4 is 17.7 Å². The summed E-state index contributed by atoms with van der Waals surface area (Å²) in [6.07, 6.45) is 1.75. The van der Waals surface area contributed by atoms with E-state index in [9.17, 15) is 10.1 Å². The summed E-state index contributed by atoms with van der Waals surface area (Å²) in [5.74, 6) is 1.32. The number of rotatable bonds is 10. The maximum Gasteiger partial charge on any atom is 0.231 e. The lowest BCUT2D eigenvalue weighted by Gasteiger charge is -2.27. The monoisotopic (exact) mass is 413 g/mol. The third-order valence-corrected chi connectivity index (χ3v) is 5.55. The predicted octanol–water partition coefficient (Wildman–Crippen LogP) is 3.50. The van der Waals surface area contributed by atoms with Crippen molar-refractivity contribution in [2.24, 2.45) is 5.92 Å². The zero-order chi connectivity index (χ0) is 21.4. The molecule has 0 saturated heterocycles. The molecule has 0 aliphatic carbocycles. The van der Waals surface area contributed by atoms with E-state index < -0.39 is 5.54 Å². The van der Waals surface area contributed by atoms with Gasteiger partial charge in [-0.05, 0) is 37.5 Å². The minimum atomic E-state index is -0.904. The van der Waals surface area contributed by atoms with Crippen LogP contribution in [0.2, 0.25) is 0 Å². The molecule has 0 bridgehead atoms. The first-order valence-electron chi connectivity index (χ1n) is 9.36. The van der Waals surface area contributed by atoms with E-state index in [2.05, 4.69) is 28.2 Å². The zero-order valence-corrected chi connectivity index (χ0v) is 18.1. The van der Waals surface area contributed by atoms with Gasteiger partial charge in [-0.25, -0.2) is 0 Å². The van der Waals surface area contributed by atoms with E-state index in [0.29, 0.717) is 17.5 Å². The van der Waals surface area contributed by atoms with E-state index in [1.807, 2.05) is 49.6 Å². The highest BCUT2D eigenvalue weighted by atomic mass is 32.2. The van der Waals surface area contributed by atoms with Gasteiger partial charge in [-0.15, -0.1) is 16.8 Å². The fraction of sp³-hybridized carbons (Fsp3) is 0.429. The second kappa shape index (κ2) is 10.1. The third kappa shape index (κ3) is 6.09. The summed E-state index contributed by atoms with van der Waals surface area (Å²) >= 11 is 1.27. The molecule has 0 saturated carbocycles. The van der Waals surface area contributed by atoms with Gasteiger partial charge in [-0.1, -0.05) is 43.8 Å². The van der Waals surface area contributed by atoms with E-state index >= 15 is 0 Å². The number of allylic oxidation sites excluding steroid dienone is 1. The molecule has 1 N–H and O–H groups in total. The molecule has 0 spiro atoms. The molecule has 29 heavy (non-hydrogen) atoms. The standard InChI is InChI=1S/C21H27N5O2S/c1-6-10-26-18(12-28-17-9-7-8-16(4)11-17)24-25-20(26)29-13-19(27)23-21(5,14-22)15(2)3/h6-9,11,15H,1,10,12-13H2,2-5H3,(H,23,27)/t21-/m0/s1. The molecule has 1 aromatic heterocycles. The van der Waals surface area contributed by atoms with Crippen LogP contribution in [0.5, 0.6) is 5.75 Å². The quantitative estimate of drug-likeness (QED) is 0.473. The molecule has 2 aromatic rings. The van der Waals surface area contributed by atoms with Crippen LogP contribution in [0.3, 0.4) is 0 Å². The third-order valence-electron chi connectivity index (χ3n) is 4.58. The fourth-order valence-corrected chi connectivity index (χ4v) is 3.22. The van der Waals surface area contributed by atoms with Crippen LogP contribution >= 0.6 is 11.8 Å². The Hall–Kier alpha value is -2.79. The Balaban J connectivity index is 2.03. The molecule has 8 heteroatoms. The van der Waals surface area contributed by atoms with Gasteiger partial charge in [0.05, 0.1) is 11.8 Å². The lowest BCUT2D eigenvalue weighted by molar-refractivity contribution is -0.120. The molecule has 0 unspecified atom stereocenters. The first-order chi connectivity index (χ1) is 13.8. The van der Waals surface area contributed by atoms with Gasteiger partial charge in [-0.2, -0.15) is 5.26 Å². The number of nitrogens with one attached hydrogen (secondary N) is 1. The maximum absolute atomic E-state index is 12.3. The lowest BCUT2D eigenvalue weighted by Crippen LogP contribution is -2.49. The van der Waals surface area contributed by atoms with Crippen LogP contribution in [0.25, 0.3) is 0 Å². The van der Waals surface area contributed by atoms with Crippen molar-refractivity contribution in [3.05, 3.63) is 48.3 Å². The summed E-state index contributed by atoms with van der Waals surface area (Å²) in [5.41, 5.74) is 0.210. The smallest absolute Gasteiger partial charge is 0.231 e. The Morgan fingerprint density at radius 3 is 2.86 bits per heavy atom. The summed E-state index contributed by atoms with van der Waals surface area (Å²) in [4.78, 5) is 12.3. The van der Waals surface area contributed by atoms with Crippen molar-refractivity contribution in [1.29, 1.82) is 5.26 Å². The average molecular weight is 414 g/mol. The summed E-state index contributed by atoms with van der Waals surface area (Å²) < 4.78 is 7.69. The molecular weight excluding hydrogens is 386 g/mol. The number of aryl methyl sites for hydroxylation is 1. The highest BCUT2D eigenvalue weighted by Crippen LogP contribution is 2.20. The number of ether oxygens (including phenoxy) is 1. The van der Waals surface area contributed by atoms with Gasteiger partial charge >= 0.3 is 0 Å². The number of hydrogen-bond acceptors (Lipinski definition) is 6. The van der Waals surface area contributed by atoms with Gasteiger partial charge in [0.1, 0.15) is 17.9 Å².